The van der Waals surface area contributed by atoms with Crippen LogP contribution in [0.15, 0.2) is 0 Å². The van der Waals surface area contributed by atoms with Gasteiger partial charge in [-0.25, -0.2) is 0 Å². The fraction of sp³-hybridized carbons (Fsp3) is 0.667. The third-order valence-corrected chi connectivity index (χ3v) is 2.28. The maximum Gasteiger partial charge on any atom is 0.142 e. The Hall–Kier alpha value is -0.0400. The van der Waals surface area contributed by atoms with Gasteiger partial charge in [0.05, 0.1) is 4.43 Å². The maximum absolute atomic E-state index is 10.8. The summed E-state index contributed by atoms with van der Waals surface area (Å²) in [4.78, 5) is 10.8. The van der Waals surface area contributed by atoms with Crippen molar-refractivity contribution in [3.63, 3.8) is 0 Å². The van der Waals surface area contributed by atoms with E-state index >= 15 is 0 Å². The van der Waals surface area contributed by atoms with Gasteiger partial charge >= 0.3 is 0 Å². The van der Waals surface area contributed by atoms with E-state index in [1.54, 1.807) is 0 Å². The summed E-state index contributed by atoms with van der Waals surface area (Å²) in [5, 5.41) is 0. The molecule has 0 aromatic rings. The van der Waals surface area contributed by atoms with Crippen molar-refractivity contribution in [1.82, 2.24) is 0 Å². The number of Topliss-reactive ketones (excluding diaryl/α,β-unsaturated/α-hetero) is 1. The maximum atomic E-state index is 10.8. The number of carbonyl (C=O) groups excluding carboxylic acids is 1. The zero-order chi connectivity index (χ0) is 8.53. The number of unbranched alkanes of at least 4 members (excludes halogenated alkanes) is 3. The van der Waals surface area contributed by atoms with E-state index < -0.39 is 0 Å². The van der Waals surface area contributed by atoms with Gasteiger partial charge in [-0.1, -0.05) is 29.0 Å². The standard InChI is InChI=1S/C9H13IO/c1-2-3-4-5-6-7-9(11)8-10/h1H,3-8H2. The summed E-state index contributed by atoms with van der Waals surface area (Å²) < 4.78 is 0.646. The van der Waals surface area contributed by atoms with E-state index in [-0.39, 0.29) is 0 Å². The van der Waals surface area contributed by atoms with Crippen molar-refractivity contribution in [3.8, 4) is 12.3 Å². The summed E-state index contributed by atoms with van der Waals surface area (Å²) in [5.41, 5.74) is 0. The highest BCUT2D eigenvalue weighted by Crippen LogP contribution is 2.03. The van der Waals surface area contributed by atoms with Gasteiger partial charge in [-0.2, -0.15) is 0 Å². The minimum absolute atomic E-state index is 0.353. The first kappa shape index (κ1) is 11.0. The molecule has 2 heteroatoms. The van der Waals surface area contributed by atoms with Crippen LogP contribution in [-0.2, 0) is 4.79 Å². The molecule has 0 amide bonds. The van der Waals surface area contributed by atoms with E-state index in [1.807, 2.05) is 0 Å². The zero-order valence-corrected chi connectivity index (χ0v) is 8.76. The molecule has 0 aromatic carbocycles. The lowest BCUT2D eigenvalue weighted by atomic mass is 10.1. The summed E-state index contributed by atoms with van der Waals surface area (Å²) in [6.07, 6.45) is 9.81. The molecule has 0 rings (SSSR count). The molecule has 1 nitrogen and oxygen atoms in total. The van der Waals surface area contributed by atoms with Crippen LogP contribution in [0.1, 0.15) is 32.1 Å². The van der Waals surface area contributed by atoms with Crippen LogP contribution >= 0.6 is 22.6 Å². The van der Waals surface area contributed by atoms with Crippen LogP contribution in [0.4, 0.5) is 0 Å². The second-order valence-corrected chi connectivity index (χ2v) is 3.20. The highest BCUT2D eigenvalue weighted by atomic mass is 127. The van der Waals surface area contributed by atoms with Crippen molar-refractivity contribution in [1.29, 1.82) is 0 Å². The van der Waals surface area contributed by atoms with Gasteiger partial charge in [0.2, 0.25) is 0 Å². The molecule has 0 fully saturated rings. The molecular formula is C9H13IO. The van der Waals surface area contributed by atoms with Crippen molar-refractivity contribution >= 4 is 28.4 Å². The summed E-state index contributed by atoms with van der Waals surface area (Å²) in [6, 6.07) is 0. The van der Waals surface area contributed by atoms with E-state index in [9.17, 15) is 4.79 Å². The number of alkyl halides is 1. The second kappa shape index (κ2) is 8.06. The fourth-order valence-corrected chi connectivity index (χ4v) is 1.17. The van der Waals surface area contributed by atoms with Gasteiger partial charge < -0.3 is 0 Å². The van der Waals surface area contributed by atoms with E-state index in [0.717, 1.165) is 32.1 Å². The normalized spacial score (nSPS) is 9.09. The van der Waals surface area contributed by atoms with Crippen LogP contribution in [0.25, 0.3) is 0 Å². The number of ketones is 1. The molecule has 0 aliphatic heterocycles. The minimum atomic E-state index is 0.353. The third kappa shape index (κ3) is 7.86. The molecule has 0 atom stereocenters. The Bertz CT molecular complexity index is 146. The van der Waals surface area contributed by atoms with Crippen LogP contribution < -0.4 is 0 Å². The minimum Gasteiger partial charge on any atom is -0.299 e. The molecule has 0 aliphatic rings. The van der Waals surface area contributed by atoms with E-state index in [0.29, 0.717) is 10.2 Å². The highest BCUT2D eigenvalue weighted by Gasteiger charge is 1.97. The van der Waals surface area contributed by atoms with Crippen molar-refractivity contribution in [2.75, 3.05) is 4.43 Å². The van der Waals surface area contributed by atoms with Gasteiger partial charge in [0.25, 0.3) is 0 Å². The molecule has 0 unspecified atom stereocenters. The molecule has 0 radical (unpaired) electrons. The Morgan fingerprint density at radius 1 is 1.36 bits per heavy atom. The highest BCUT2D eigenvalue weighted by molar-refractivity contribution is 14.1. The molecule has 62 valence electrons. The third-order valence-electron chi connectivity index (χ3n) is 1.43. The summed E-state index contributed by atoms with van der Waals surface area (Å²) in [6.45, 7) is 0. The lowest BCUT2D eigenvalue weighted by Crippen LogP contribution is -1.97. The Morgan fingerprint density at radius 3 is 2.64 bits per heavy atom. The first-order chi connectivity index (χ1) is 5.31. The molecule has 0 aromatic heterocycles. The van der Waals surface area contributed by atoms with Gasteiger partial charge in [-0.05, 0) is 12.8 Å². The predicted octanol–water partition coefficient (Wildman–Crippen LogP) is 2.57. The van der Waals surface area contributed by atoms with Crippen LogP contribution in [0.5, 0.6) is 0 Å². The van der Waals surface area contributed by atoms with Gasteiger partial charge in [0, 0.05) is 12.8 Å². The van der Waals surface area contributed by atoms with Gasteiger partial charge in [-0.15, -0.1) is 12.3 Å². The van der Waals surface area contributed by atoms with Crippen LogP contribution in [0.3, 0.4) is 0 Å². The summed E-state index contributed by atoms with van der Waals surface area (Å²) in [7, 11) is 0. The average molecular weight is 264 g/mol. The van der Waals surface area contributed by atoms with Crippen LogP contribution in [0.2, 0.25) is 0 Å². The van der Waals surface area contributed by atoms with Crippen molar-refractivity contribution in [3.05, 3.63) is 0 Å². The van der Waals surface area contributed by atoms with Gasteiger partial charge in [0.15, 0.2) is 0 Å². The number of hydrogen-bond donors (Lipinski definition) is 0. The van der Waals surface area contributed by atoms with E-state index in [2.05, 4.69) is 28.5 Å². The molecule has 0 saturated carbocycles. The first-order valence-corrected chi connectivity index (χ1v) is 5.35. The molecule has 0 N–H and O–H groups in total. The molecule has 0 bridgehead atoms. The van der Waals surface area contributed by atoms with E-state index in [1.165, 1.54) is 0 Å². The number of terminal acetylenes is 1. The number of rotatable bonds is 6. The van der Waals surface area contributed by atoms with Crippen molar-refractivity contribution in [2.24, 2.45) is 0 Å². The molecule has 0 aliphatic carbocycles. The Balaban J connectivity index is 3.03. The topological polar surface area (TPSA) is 17.1 Å². The van der Waals surface area contributed by atoms with Crippen molar-refractivity contribution < 1.29 is 4.79 Å². The van der Waals surface area contributed by atoms with E-state index in [4.69, 9.17) is 6.42 Å². The molecular weight excluding hydrogens is 251 g/mol. The second-order valence-electron chi connectivity index (χ2n) is 2.44. The summed E-state index contributed by atoms with van der Waals surface area (Å²) in [5.74, 6) is 2.94. The smallest absolute Gasteiger partial charge is 0.142 e. The fourth-order valence-electron chi connectivity index (χ4n) is 0.793. The number of halogens is 1. The van der Waals surface area contributed by atoms with Gasteiger partial charge in [0.1, 0.15) is 5.78 Å². The molecule has 11 heavy (non-hydrogen) atoms. The average Bonchev–Trinajstić information content (AvgIpc) is 2.04. The Kier molecular flexibility index (Phi) is 8.03. The molecule has 0 spiro atoms. The number of carbonyl (C=O) groups is 1. The lowest BCUT2D eigenvalue weighted by Gasteiger charge is -1.95. The number of hydrogen-bond acceptors (Lipinski definition) is 1. The Labute approximate surface area is 82.1 Å². The summed E-state index contributed by atoms with van der Waals surface area (Å²) >= 11 is 2.10. The SMILES string of the molecule is C#CCCCCCC(=O)CI. The molecule has 0 heterocycles. The molecule has 0 saturated heterocycles. The zero-order valence-electron chi connectivity index (χ0n) is 6.61. The monoisotopic (exact) mass is 264 g/mol. The first-order valence-electron chi connectivity index (χ1n) is 3.82. The Morgan fingerprint density at radius 2 is 2.09 bits per heavy atom. The van der Waals surface area contributed by atoms with Crippen molar-refractivity contribution in [2.45, 2.75) is 32.1 Å². The largest absolute Gasteiger partial charge is 0.299 e. The van der Waals surface area contributed by atoms with Crippen LogP contribution in [-0.4, -0.2) is 10.2 Å². The van der Waals surface area contributed by atoms with Gasteiger partial charge in [-0.3, -0.25) is 4.79 Å². The van der Waals surface area contributed by atoms with Crippen LogP contribution in [0, 0.1) is 12.3 Å². The quantitative estimate of drug-likeness (QED) is 0.312. The lowest BCUT2D eigenvalue weighted by molar-refractivity contribution is -0.116. The predicted molar refractivity (Wildman–Crippen MR) is 55.8 cm³/mol.